The molecule has 110 valence electrons. The van der Waals surface area contributed by atoms with Crippen LogP contribution in [0.1, 0.15) is 30.7 Å². The quantitative estimate of drug-likeness (QED) is 0.869. The largest absolute Gasteiger partial charge is 0.481 e. The summed E-state index contributed by atoms with van der Waals surface area (Å²) in [6.45, 7) is 3.33. The number of carboxylic acids is 1. The van der Waals surface area contributed by atoms with E-state index < -0.39 is 5.97 Å². The summed E-state index contributed by atoms with van der Waals surface area (Å²) in [6.07, 6.45) is 1.66. The van der Waals surface area contributed by atoms with Crippen LogP contribution in [0.25, 0.3) is 0 Å². The minimum Gasteiger partial charge on any atom is -0.481 e. The third-order valence-electron chi connectivity index (χ3n) is 3.46. The Morgan fingerprint density at radius 3 is 2.75 bits per heavy atom. The highest BCUT2D eigenvalue weighted by Crippen LogP contribution is 2.20. The summed E-state index contributed by atoms with van der Waals surface area (Å²) in [6, 6.07) is 1.63. The number of carboxylic acid groups (broad SMARTS) is 1. The van der Waals surface area contributed by atoms with Gasteiger partial charge in [0.25, 0.3) is 0 Å². The number of aliphatic carboxylic acids is 1. The molecule has 7 heteroatoms. The van der Waals surface area contributed by atoms with Crippen molar-refractivity contribution >= 4 is 12.0 Å². The molecule has 20 heavy (non-hydrogen) atoms. The number of amides is 2. The maximum absolute atomic E-state index is 11.9. The van der Waals surface area contributed by atoms with Crippen molar-refractivity contribution in [3.05, 3.63) is 17.5 Å². The first kappa shape index (κ1) is 14.4. The van der Waals surface area contributed by atoms with Crippen LogP contribution in [-0.2, 0) is 11.3 Å². The number of likely N-dealkylation sites (tertiary alicyclic amines) is 1. The summed E-state index contributed by atoms with van der Waals surface area (Å²) in [5.41, 5.74) is 0.781. The van der Waals surface area contributed by atoms with Gasteiger partial charge in [-0.25, -0.2) is 4.79 Å². The lowest BCUT2D eigenvalue weighted by atomic mass is 9.94. The number of nitrogens with zero attached hydrogens (tertiary/aromatic N) is 2. The van der Waals surface area contributed by atoms with E-state index in [0.717, 1.165) is 18.5 Å². The first-order valence-electron chi connectivity index (χ1n) is 6.71. The van der Waals surface area contributed by atoms with Crippen LogP contribution in [0.5, 0.6) is 0 Å². The Balaban J connectivity index is 1.73. The smallest absolute Gasteiger partial charge is 0.317 e. The van der Waals surface area contributed by atoms with Crippen LogP contribution in [0, 0.1) is 12.8 Å². The molecule has 0 saturated carbocycles. The van der Waals surface area contributed by atoms with Crippen LogP contribution in [0.2, 0.25) is 0 Å². The molecule has 0 bridgehead atoms. The SMILES string of the molecule is Cc1cc(CNC(=O)N2CCC(CC(=O)O)CC2)on1. The highest BCUT2D eigenvalue weighted by molar-refractivity contribution is 5.74. The van der Waals surface area contributed by atoms with Crippen molar-refractivity contribution in [2.45, 2.75) is 32.7 Å². The van der Waals surface area contributed by atoms with Gasteiger partial charge in [0.2, 0.25) is 0 Å². The van der Waals surface area contributed by atoms with Gasteiger partial charge < -0.3 is 19.8 Å². The molecule has 2 N–H and O–H groups in total. The zero-order valence-electron chi connectivity index (χ0n) is 11.5. The number of rotatable bonds is 4. The number of hydrogen-bond acceptors (Lipinski definition) is 4. The van der Waals surface area contributed by atoms with E-state index in [0.29, 0.717) is 25.4 Å². The number of aryl methyl sites for hydroxylation is 1. The topological polar surface area (TPSA) is 95.7 Å². The lowest BCUT2D eigenvalue weighted by molar-refractivity contribution is -0.138. The summed E-state index contributed by atoms with van der Waals surface area (Å²) in [7, 11) is 0. The fourth-order valence-electron chi connectivity index (χ4n) is 2.36. The molecule has 7 nitrogen and oxygen atoms in total. The average Bonchev–Trinajstić information content (AvgIpc) is 2.82. The second-order valence-electron chi connectivity index (χ2n) is 5.12. The zero-order valence-corrected chi connectivity index (χ0v) is 11.5. The number of piperidine rings is 1. The van der Waals surface area contributed by atoms with Gasteiger partial charge in [-0.05, 0) is 25.7 Å². The van der Waals surface area contributed by atoms with Gasteiger partial charge >= 0.3 is 12.0 Å². The molecular formula is C13H19N3O4. The Hall–Kier alpha value is -2.05. The van der Waals surface area contributed by atoms with E-state index >= 15 is 0 Å². The van der Waals surface area contributed by atoms with E-state index in [1.54, 1.807) is 11.0 Å². The summed E-state index contributed by atoms with van der Waals surface area (Å²) in [5.74, 6) is 0.0266. The maximum atomic E-state index is 11.9. The van der Waals surface area contributed by atoms with E-state index in [1.165, 1.54) is 0 Å². The molecule has 0 aromatic carbocycles. The third kappa shape index (κ3) is 3.97. The summed E-state index contributed by atoms with van der Waals surface area (Å²) in [4.78, 5) is 24.3. The molecule has 1 aliphatic rings. The van der Waals surface area contributed by atoms with E-state index in [2.05, 4.69) is 10.5 Å². The van der Waals surface area contributed by atoms with Gasteiger partial charge in [-0.15, -0.1) is 0 Å². The van der Waals surface area contributed by atoms with Crippen LogP contribution < -0.4 is 5.32 Å². The number of urea groups is 1. The van der Waals surface area contributed by atoms with E-state index in [4.69, 9.17) is 9.63 Å². The molecule has 1 aromatic heterocycles. The monoisotopic (exact) mass is 281 g/mol. The fourth-order valence-corrected chi connectivity index (χ4v) is 2.36. The number of carbonyl (C=O) groups excluding carboxylic acids is 1. The van der Waals surface area contributed by atoms with Crippen LogP contribution in [0.3, 0.4) is 0 Å². The molecule has 1 aromatic rings. The minimum absolute atomic E-state index is 0.146. The second-order valence-corrected chi connectivity index (χ2v) is 5.12. The first-order valence-corrected chi connectivity index (χ1v) is 6.71. The normalized spacial score (nSPS) is 16.1. The Morgan fingerprint density at radius 1 is 1.50 bits per heavy atom. The summed E-state index contributed by atoms with van der Waals surface area (Å²) >= 11 is 0. The van der Waals surface area contributed by atoms with Gasteiger partial charge in [0.05, 0.1) is 12.2 Å². The van der Waals surface area contributed by atoms with E-state index in [-0.39, 0.29) is 18.4 Å². The average molecular weight is 281 g/mol. The Bertz CT molecular complexity index is 478. The van der Waals surface area contributed by atoms with E-state index in [9.17, 15) is 9.59 Å². The fraction of sp³-hybridized carbons (Fsp3) is 0.615. The molecular weight excluding hydrogens is 262 g/mol. The Kier molecular flexibility index (Phi) is 4.60. The summed E-state index contributed by atoms with van der Waals surface area (Å²) < 4.78 is 5.01. The predicted molar refractivity (Wildman–Crippen MR) is 70.0 cm³/mol. The van der Waals surface area contributed by atoms with Crippen molar-refractivity contribution in [1.29, 1.82) is 0 Å². The summed E-state index contributed by atoms with van der Waals surface area (Å²) in [5, 5.41) is 15.3. The van der Waals surface area contributed by atoms with Gasteiger partial charge in [0.1, 0.15) is 0 Å². The predicted octanol–water partition coefficient (Wildman–Crippen LogP) is 1.38. The standard InChI is InChI=1S/C13H19N3O4/c1-9-6-11(20-15-9)8-14-13(19)16-4-2-10(3-5-16)7-12(17)18/h6,10H,2-5,7-8H2,1H3,(H,14,19)(H,17,18). The molecule has 0 atom stereocenters. The molecule has 0 radical (unpaired) electrons. The number of carbonyl (C=O) groups is 2. The van der Waals surface area contributed by atoms with Gasteiger partial charge in [0, 0.05) is 25.6 Å². The molecule has 0 aliphatic carbocycles. The van der Waals surface area contributed by atoms with Gasteiger partial charge in [-0.1, -0.05) is 5.16 Å². The van der Waals surface area contributed by atoms with Gasteiger partial charge in [-0.3, -0.25) is 4.79 Å². The van der Waals surface area contributed by atoms with Gasteiger partial charge in [-0.2, -0.15) is 0 Å². The number of nitrogens with one attached hydrogen (secondary N) is 1. The third-order valence-corrected chi connectivity index (χ3v) is 3.46. The van der Waals surface area contributed by atoms with Crippen molar-refractivity contribution in [2.75, 3.05) is 13.1 Å². The number of hydrogen-bond donors (Lipinski definition) is 2. The van der Waals surface area contributed by atoms with E-state index in [1.807, 2.05) is 6.92 Å². The lowest BCUT2D eigenvalue weighted by Crippen LogP contribution is -2.44. The minimum atomic E-state index is -0.770. The Labute approximate surface area is 116 Å². The molecule has 1 aliphatic heterocycles. The van der Waals surface area contributed by atoms with Crippen LogP contribution in [0.4, 0.5) is 4.79 Å². The zero-order chi connectivity index (χ0) is 14.5. The van der Waals surface area contributed by atoms with Crippen molar-refractivity contribution in [1.82, 2.24) is 15.4 Å². The highest BCUT2D eigenvalue weighted by atomic mass is 16.5. The molecule has 1 saturated heterocycles. The van der Waals surface area contributed by atoms with Crippen LogP contribution in [0.15, 0.2) is 10.6 Å². The van der Waals surface area contributed by atoms with Crippen LogP contribution >= 0.6 is 0 Å². The highest BCUT2D eigenvalue weighted by Gasteiger charge is 2.24. The first-order chi connectivity index (χ1) is 9.54. The number of aromatic nitrogens is 1. The molecule has 0 spiro atoms. The van der Waals surface area contributed by atoms with Crippen molar-refractivity contribution in [3.63, 3.8) is 0 Å². The maximum Gasteiger partial charge on any atom is 0.317 e. The molecule has 0 unspecified atom stereocenters. The van der Waals surface area contributed by atoms with Crippen LogP contribution in [-0.4, -0.2) is 40.3 Å². The Morgan fingerprint density at radius 2 is 2.20 bits per heavy atom. The lowest BCUT2D eigenvalue weighted by Gasteiger charge is -2.31. The van der Waals surface area contributed by atoms with Crippen molar-refractivity contribution in [3.8, 4) is 0 Å². The second kappa shape index (κ2) is 6.40. The van der Waals surface area contributed by atoms with Crippen molar-refractivity contribution in [2.24, 2.45) is 5.92 Å². The molecule has 2 heterocycles. The molecule has 2 rings (SSSR count). The van der Waals surface area contributed by atoms with Gasteiger partial charge in [0.15, 0.2) is 5.76 Å². The van der Waals surface area contributed by atoms with Crippen molar-refractivity contribution < 1.29 is 19.2 Å². The molecule has 1 fully saturated rings. The molecule has 2 amide bonds.